The highest BCUT2D eigenvalue weighted by Crippen LogP contribution is 2.42. The summed E-state index contributed by atoms with van der Waals surface area (Å²) in [4.78, 5) is 0. The fraction of sp³-hybridized carbons (Fsp3) is 1.00. The van der Waals surface area contributed by atoms with E-state index in [-0.39, 0.29) is 0 Å². The van der Waals surface area contributed by atoms with Crippen molar-refractivity contribution in [1.29, 1.82) is 0 Å². The first-order valence-electron chi connectivity index (χ1n) is 5.57. The highest BCUT2D eigenvalue weighted by molar-refractivity contribution is 4.91. The van der Waals surface area contributed by atoms with Crippen molar-refractivity contribution in [2.24, 2.45) is 23.7 Å². The monoisotopic (exact) mass is 184 g/mol. The van der Waals surface area contributed by atoms with Crippen LogP contribution in [0, 0.1) is 23.7 Å². The van der Waals surface area contributed by atoms with Crippen molar-refractivity contribution >= 4 is 0 Å². The third kappa shape index (κ3) is 2.25. The fourth-order valence-electron chi connectivity index (χ4n) is 2.83. The topological polar surface area (TPSA) is 20.2 Å². The van der Waals surface area contributed by atoms with Gasteiger partial charge in [0.25, 0.3) is 0 Å². The van der Waals surface area contributed by atoms with E-state index in [1.807, 2.05) is 6.92 Å². The molecule has 13 heavy (non-hydrogen) atoms. The van der Waals surface area contributed by atoms with Crippen LogP contribution in [0.15, 0.2) is 0 Å². The van der Waals surface area contributed by atoms with Gasteiger partial charge in [0.1, 0.15) is 0 Å². The van der Waals surface area contributed by atoms with Crippen LogP contribution < -0.4 is 0 Å². The van der Waals surface area contributed by atoms with Crippen molar-refractivity contribution in [2.45, 2.75) is 53.1 Å². The van der Waals surface area contributed by atoms with E-state index in [1.54, 1.807) is 0 Å². The summed E-state index contributed by atoms with van der Waals surface area (Å²) in [6.07, 6.45) is 2.16. The first-order chi connectivity index (χ1) is 5.84. The maximum Gasteiger partial charge on any atom is 0.0647 e. The van der Waals surface area contributed by atoms with Gasteiger partial charge in [-0.15, -0.1) is 0 Å². The summed E-state index contributed by atoms with van der Waals surface area (Å²) in [7, 11) is 0. The predicted octanol–water partition coefficient (Wildman–Crippen LogP) is 3.08. The highest BCUT2D eigenvalue weighted by Gasteiger charge is 2.40. The van der Waals surface area contributed by atoms with Crippen LogP contribution in [0.4, 0.5) is 0 Å². The van der Waals surface area contributed by atoms with Crippen molar-refractivity contribution in [3.05, 3.63) is 0 Å². The molecule has 0 saturated heterocycles. The Kier molecular flexibility index (Phi) is 3.06. The second-order valence-corrected chi connectivity index (χ2v) is 5.58. The molecule has 1 fully saturated rings. The smallest absolute Gasteiger partial charge is 0.0647 e. The Bertz CT molecular complexity index is 172. The molecule has 0 spiro atoms. The molecular weight excluding hydrogens is 160 g/mol. The van der Waals surface area contributed by atoms with Crippen LogP contribution in [-0.4, -0.2) is 10.7 Å². The fourth-order valence-corrected chi connectivity index (χ4v) is 2.83. The van der Waals surface area contributed by atoms with E-state index in [2.05, 4.69) is 27.7 Å². The van der Waals surface area contributed by atoms with Crippen LogP contribution in [0.2, 0.25) is 0 Å². The molecule has 4 atom stereocenters. The molecule has 0 radical (unpaired) electrons. The van der Waals surface area contributed by atoms with Crippen LogP contribution in [0.25, 0.3) is 0 Å². The SMILES string of the molecule is CC(C)C1CC(C)C(C)(O)CC1C. The molecule has 1 nitrogen and oxygen atoms in total. The lowest BCUT2D eigenvalue weighted by molar-refractivity contribution is -0.0676. The zero-order valence-electron chi connectivity index (χ0n) is 9.67. The van der Waals surface area contributed by atoms with Gasteiger partial charge in [-0.05, 0) is 43.4 Å². The molecule has 0 aromatic rings. The van der Waals surface area contributed by atoms with E-state index in [0.29, 0.717) is 11.8 Å². The van der Waals surface area contributed by atoms with Crippen LogP contribution in [0.5, 0.6) is 0 Å². The van der Waals surface area contributed by atoms with Crippen LogP contribution in [0.1, 0.15) is 47.5 Å². The Morgan fingerprint density at radius 2 is 1.85 bits per heavy atom. The number of aliphatic hydroxyl groups is 1. The highest BCUT2D eigenvalue weighted by atomic mass is 16.3. The largest absolute Gasteiger partial charge is 0.390 e. The molecule has 0 amide bonds. The van der Waals surface area contributed by atoms with Crippen molar-refractivity contribution in [3.8, 4) is 0 Å². The summed E-state index contributed by atoms with van der Waals surface area (Å²) in [5, 5.41) is 10.1. The lowest BCUT2D eigenvalue weighted by Gasteiger charge is -2.44. The van der Waals surface area contributed by atoms with Crippen molar-refractivity contribution in [1.82, 2.24) is 0 Å². The molecule has 1 heteroatoms. The first kappa shape index (κ1) is 11.0. The van der Waals surface area contributed by atoms with Gasteiger partial charge in [-0.25, -0.2) is 0 Å². The van der Waals surface area contributed by atoms with E-state index in [9.17, 15) is 5.11 Å². The van der Waals surface area contributed by atoms with E-state index >= 15 is 0 Å². The average molecular weight is 184 g/mol. The second kappa shape index (κ2) is 3.61. The molecule has 0 bridgehead atoms. The Balaban J connectivity index is 2.67. The third-order valence-electron chi connectivity index (χ3n) is 4.01. The van der Waals surface area contributed by atoms with Crippen molar-refractivity contribution in [2.75, 3.05) is 0 Å². The second-order valence-electron chi connectivity index (χ2n) is 5.58. The molecule has 0 aliphatic heterocycles. The Morgan fingerprint density at radius 3 is 2.31 bits per heavy atom. The quantitative estimate of drug-likeness (QED) is 0.664. The van der Waals surface area contributed by atoms with Crippen LogP contribution >= 0.6 is 0 Å². The van der Waals surface area contributed by atoms with Gasteiger partial charge in [0.15, 0.2) is 0 Å². The van der Waals surface area contributed by atoms with Gasteiger partial charge >= 0.3 is 0 Å². The lowest BCUT2D eigenvalue weighted by Crippen LogP contribution is -2.43. The summed E-state index contributed by atoms with van der Waals surface area (Å²) in [6, 6.07) is 0. The Labute approximate surface area is 82.5 Å². The summed E-state index contributed by atoms with van der Waals surface area (Å²) in [5.74, 6) is 2.69. The lowest BCUT2D eigenvalue weighted by atomic mass is 9.64. The normalized spacial score (nSPS) is 46.8. The van der Waals surface area contributed by atoms with Crippen LogP contribution in [-0.2, 0) is 0 Å². The van der Waals surface area contributed by atoms with E-state index in [1.165, 1.54) is 6.42 Å². The summed E-state index contributed by atoms with van der Waals surface area (Å²) < 4.78 is 0. The molecule has 4 unspecified atom stereocenters. The number of hydrogen-bond donors (Lipinski definition) is 1. The molecule has 0 heterocycles. The summed E-state index contributed by atoms with van der Waals surface area (Å²) in [5.41, 5.74) is -0.426. The van der Waals surface area contributed by atoms with E-state index in [4.69, 9.17) is 0 Å². The molecule has 1 saturated carbocycles. The Morgan fingerprint density at radius 1 is 1.31 bits per heavy atom. The zero-order valence-corrected chi connectivity index (χ0v) is 9.67. The van der Waals surface area contributed by atoms with Crippen molar-refractivity contribution < 1.29 is 5.11 Å². The summed E-state index contributed by atoms with van der Waals surface area (Å²) in [6.45, 7) is 11.1. The van der Waals surface area contributed by atoms with Gasteiger partial charge in [0, 0.05) is 0 Å². The molecule has 1 rings (SSSR count). The zero-order chi connectivity index (χ0) is 10.2. The summed E-state index contributed by atoms with van der Waals surface area (Å²) >= 11 is 0. The number of hydrogen-bond acceptors (Lipinski definition) is 1. The maximum atomic E-state index is 10.1. The minimum Gasteiger partial charge on any atom is -0.390 e. The van der Waals surface area contributed by atoms with Gasteiger partial charge in [-0.1, -0.05) is 27.7 Å². The van der Waals surface area contributed by atoms with Crippen molar-refractivity contribution in [3.63, 3.8) is 0 Å². The van der Waals surface area contributed by atoms with Crippen LogP contribution in [0.3, 0.4) is 0 Å². The average Bonchev–Trinajstić information content (AvgIpc) is 1.95. The third-order valence-corrected chi connectivity index (χ3v) is 4.01. The molecule has 1 N–H and O–H groups in total. The number of rotatable bonds is 1. The van der Waals surface area contributed by atoms with Gasteiger partial charge in [-0.2, -0.15) is 0 Å². The molecule has 78 valence electrons. The minimum atomic E-state index is -0.426. The Hall–Kier alpha value is -0.0400. The maximum absolute atomic E-state index is 10.1. The molecule has 1 aliphatic rings. The molecule has 1 aliphatic carbocycles. The van der Waals surface area contributed by atoms with Gasteiger partial charge in [0.05, 0.1) is 5.60 Å². The molecule has 0 aromatic carbocycles. The van der Waals surface area contributed by atoms with E-state index < -0.39 is 5.60 Å². The standard InChI is InChI=1S/C12H24O/c1-8(2)11-6-10(4)12(5,13)7-9(11)3/h8-11,13H,6-7H2,1-5H3. The first-order valence-corrected chi connectivity index (χ1v) is 5.57. The van der Waals surface area contributed by atoms with Gasteiger partial charge in [0.2, 0.25) is 0 Å². The van der Waals surface area contributed by atoms with E-state index in [0.717, 1.165) is 18.3 Å². The minimum absolute atomic E-state index is 0.426. The predicted molar refractivity (Wildman–Crippen MR) is 56.5 cm³/mol. The molecule has 0 aromatic heterocycles. The van der Waals surface area contributed by atoms with Gasteiger partial charge in [-0.3, -0.25) is 0 Å². The molecular formula is C12H24O. The van der Waals surface area contributed by atoms with Gasteiger partial charge < -0.3 is 5.11 Å².